The Bertz CT molecular complexity index is 404. The van der Waals surface area contributed by atoms with Crippen molar-refractivity contribution in [2.75, 3.05) is 18.9 Å². The van der Waals surface area contributed by atoms with E-state index in [9.17, 15) is 4.79 Å². The predicted molar refractivity (Wildman–Crippen MR) is 71.8 cm³/mol. The summed E-state index contributed by atoms with van der Waals surface area (Å²) in [5.41, 5.74) is 6.52. The second-order valence-electron chi connectivity index (χ2n) is 4.27. The molecule has 0 aliphatic rings. The van der Waals surface area contributed by atoms with Gasteiger partial charge in [0.05, 0.1) is 13.2 Å². The molecule has 0 heterocycles. The molecule has 0 spiro atoms. The van der Waals surface area contributed by atoms with Crippen LogP contribution in [-0.2, 0) is 4.74 Å². The molecule has 1 unspecified atom stereocenters. The van der Waals surface area contributed by atoms with Crippen molar-refractivity contribution in [2.24, 2.45) is 5.92 Å². The number of carbonyl (C=O) groups excluding carboxylic acids is 1. The minimum Gasteiger partial charge on any atom is -0.493 e. The van der Waals surface area contributed by atoms with Gasteiger partial charge in [-0.2, -0.15) is 0 Å². The Kier molecular flexibility index (Phi) is 5.49. The third-order valence-electron chi connectivity index (χ3n) is 2.76. The molecular weight excluding hydrogens is 230 g/mol. The van der Waals surface area contributed by atoms with Gasteiger partial charge in [0.1, 0.15) is 11.3 Å². The maximum Gasteiger partial charge on any atom is 0.344 e. The maximum absolute atomic E-state index is 12.0. The van der Waals surface area contributed by atoms with E-state index in [1.807, 2.05) is 13.8 Å². The molecule has 1 rings (SSSR count). The van der Waals surface area contributed by atoms with Crippen molar-refractivity contribution in [3.63, 3.8) is 0 Å². The first-order chi connectivity index (χ1) is 8.60. The second kappa shape index (κ2) is 6.89. The van der Waals surface area contributed by atoms with Crippen LogP contribution < -0.4 is 10.5 Å². The fourth-order valence-electron chi connectivity index (χ4n) is 1.45. The number of nitrogens with two attached hydrogens (primary N) is 1. The molecule has 100 valence electrons. The number of benzene rings is 1. The van der Waals surface area contributed by atoms with Crippen molar-refractivity contribution in [1.29, 1.82) is 0 Å². The smallest absolute Gasteiger partial charge is 0.344 e. The van der Waals surface area contributed by atoms with E-state index in [0.29, 0.717) is 36.1 Å². The lowest BCUT2D eigenvalue weighted by Crippen LogP contribution is -2.14. The highest BCUT2D eigenvalue weighted by Crippen LogP contribution is 2.25. The molecule has 0 fully saturated rings. The van der Waals surface area contributed by atoms with Crippen LogP contribution in [0.15, 0.2) is 18.2 Å². The van der Waals surface area contributed by atoms with E-state index < -0.39 is 5.97 Å². The van der Waals surface area contributed by atoms with Gasteiger partial charge in [-0.3, -0.25) is 0 Å². The largest absolute Gasteiger partial charge is 0.493 e. The maximum atomic E-state index is 12.0. The summed E-state index contributed by atoms with van der Waals surface area (Å²) in [7, 11) is 0. The van der Waals surface area contributed by atoms with Crippen molar-refractivity contribution in [3.05, 3.63) is 23.8 Å². The third-order valence-corrected chi connectivity index (χ3v) is 2.76. The van der Waals surface area contributed by atoms with Crippen LogP contribution >= 0.6 is 0 Å². The number of hydrogen-bond donors (Lipinski definition) is 1. The molecule has 0 saturated carbocycles. The molecule has 0 aromatic heterocycles. The van der Waals surface area contributed by atoms with Gasteiger partial charge in [0.15, 0.2) is 0 Å². The summed E-state index contributed by atoms with van der Waals surface area (Å²) >= 11 is 0. The number of ether oxygens (including phenoxy) is 2. The lowest BCUT2D eigenvalue weighted by atomic mass is 10.1. The van der Waals surface area contributed by atoms with Crippen molar-refractivity contribution in [3.8, 4) is 5.75 Å². The van der Waals surface area contributed by atoms with Gasteiger partial charge in [-0.05, 0) is 25.0 Å². The highest BCUT2D eigenvalue weighted by molar-refractivity contribution is 5.98. The molecule has 1 aromatic carbocycles. The monoisotopic (exact) mass is 251 g/mol. The van der Waals surface area contributed by atoms with E-state index in [1.54, 1.807) is 18.2 Å². The van der Waals surface area contributed by atoms with Crippen LogP contribution in [0, 0.1) is 5.92 Å². The predicted octanol–water partition coefficient (Wildman–Crippen LogP) is 2.87. The van der Waals surface area contributed by atoms with Crippen LogP contribution in [0.1, 0.15) is 37.6 Å². The SMILES string of the molecule is CCOc1cccc(N)c1C(=O)OCC(C)CC. The third kappa shape index (κ3) is 3.65. The normalized spacial score (nSPS) is 11.9. The molecule has 1 atom stereocenters. The molecule has 0 radical (unpaired) electrons. The zero-order valence-corrected chi connectivity index (χ0v) is 11.2. The number of nitrogen functional groups attached to an aromatic ring is 1. The van der Waals surface area contributed by atoms with Crippen LogP contribution in [0.4, 0.5) is 5.69 Å². The van der Waals surface area contributed by atoms with Gasteiger partial charge in [-0.1, -0.05) is 26.3 Å². The molecule has 4 heteroatoms. The van der Waals surface area contributed by atoms with Crippen molar-refractivity contribution < 1.29 is 14.3 Å². The number of esters is 1. The fraction of sp³-hybridized carbons (Fsp3) is 0.500. The average Bonchev–Trinajstić information content (AvgIpc) is 2.36. The molecule has 0 aliphatic heterocycles. The average molecular weight is 251 g/mol. The van der Waals surface area contributed by atoms with Crippen molar-refractivity contribution >= 4 is 11.7 Å². The zero-order valence-electron chi connectivity index (χ0n) is 11.2. The van der Waals surface area contributed by atoms with E-state index in [0.717, 1.165) is 6.42 Å². The van der Waals surface area contributed by atoms with Crippen molar-refractivity contribution in [2.45, 2.75) is 27.2 Å². The Morgan fingerprint density at radius 2 is 2.11 bits per heavy atom. The first-order valence-corrected chi connectivity index (χ1v) is 6.28. The molecular formula is C14H21NO3. The van der Waals surface area contributed by atoms with Gasteiger partial charge in [0, 0.05) is 5.69 Å². The van der Waals surface area contributed by atoms with Gasteiger partial charge < -0.3 is 15.2 Å². The summed E-state index contributed by atoms with van der Waals surface area (Å²) in [4.78, 5) is 12.0. The number of carbonyl (C=O) groups is 1. The molecule has 1 aromatic rings. The number of anilines is 1. The van der Waals surface area contributed by atoms with Gasteiger partial charge in [0.2, 0.25) is 0 Å². The summed E-state index contributed by atoms with van der Waals surface area (Å²) in [6.07, 6.45) is 0.968. The molecule has 18 heavy (non-hydrogen) atoms. The van der Waals surface area contributed by atoms with Crippen LogP contribution in [0.25, 0.3) is 0 Å². The first kappa shape index (κ1) is 14.4. The lowest BCUT2D eigenvalue weighted by Gasteiger charge is -2.13. The van der Waals surface area contributed by atoms with Crippen LogP contribution in [0.3, 0.4) is 0 Å². The van der Waals surface area contributed by atoms with Gasteiger partial charge in [-0.15, -0.1) is 0 Å². The second-order valence-corrected chi connectivity index (χ2v) is 4.27. The van der Waals surface area contributed by atoms with Gasteiger partial charge in [0.25, 0.3) is 0 Å². The molecule has 0 amide bonds. The Hall–Kier alpha value is -1.71. The van der Waals surface area contributed by atoms with Crippen molar-refractivity contribution in [1.82, 2.24) is 0 Å². The van der Waals surface area contributed by atoms with Gasteiger partial charge >= 0.3 is 5.97 Å². The first-order valence-electron chi connectivity index (χ1n) is 6.28. The Labute approximate surface area is 108 Å². The summed E-state index contributed by atoms with van der Waals surface area (Å²) in [6.45, 7) is 6.83. The van der Waals surface area contributed by atoms with E-state index >= 15 is 0 Å². The summed E-state index contributed by atoms with van der Waals surface area (Å²) < 4.78 is 10.6. The standard InChI is InChI=1S/C14H21NO3/c1-4-10(3)9-18-14(16)13-11(15)7-6-8-12(13)17-5-2/h6-8,10H,4-5,9,15H2,1-3H3. The summed E-state index contributed by atoms with van der Waals surface area (Å²) in [5.74, 6) is 0.401. The molecule has 0 bridgehead atoms. The Morgan fingerprint density at radius 3 is 2.72 bits per heavy atom. The Balaban J connectivity index is 2.83. The fourth-order valence-corrected chi connectivity index (χ4v) is 1.45. The van der Waals surface area contributed by atoms with Crippen LogP contribution in [0.5, 0.6) is 5.75 Å². The van der Waals surface area contributed by atoms with Crippen LogP contribution in [-0.4, -0.2) is 19.2 Å². The minimum atomic E-state index is -0.420. The van der Waals surface area contributed by atoms with E-state index in [-0.39, 0.29) is 0 Å². The number of hydrogen-bond acceptors (Lipinski definition) is 4. The minimum absolute atomic E-state index is 0.322. The molecule has 4 nitrogen and oxygen atoms in total. The number of rotatable bonds is 6. The summed E-state index contributed by atoms with van der Waals surface area (Å²) in [6, 6.07) is 5.15. The van der Waals surface area contributed by atoms with E-state index in [1.165, 1.54) is 0 Å². The molecule has 0 aliphatic carbocycles. The topological polar surface area (TPSA) is 61.5 Å². The highest BCUT2D eigenvalue weighted by Gasteiger charge is 2.18. The zero-order chi connectivity index (χ0) is 13.5. The van der Waals surface area contributed by atoms with Gasteiger partial charge in [-0.25, -0.2) is 4.79 Å². The molecule has 2 N–H and O–H groups in total. The highest BCUT2D eigenvalue weighted by atomic mass is 16.5. The van der Waals surface area contributed by atoms with E-state index in [4.69, 9.17) is 15.2 Å². The van der Waals surface area contributed by atoms with E-state index in [2.05, 4.69) is 6.92 Å². The quantitative estimate of drug-likeness (QED) is 0.623. The summed E-state index contributed by atoms with van der Waals surface area (Å²) in [5, 5.41) is 0. The Morgan fingerprint density at radius 1 is 1.39 bits per heavy atom. The van der Waals surface area contributed by atoms with Crippen LogP contribution in [0.2, 0.25) is 0 Å². The molecule has 0 saturated heterocycles. The lowest BCUT2D eigenvalue weighted by molar-refractivity contribution is 0.0444.